The number of benzene rings is 1. The van der Waals surface area contributed by atoms with Crippen molar-refractivity contribution in [3.63, 3.8) is 0 Å². The standard InChI is InChI=1S/C14H19F4N/c1-3-5-7-19(8-6-4-2)14-12(17)10(15)9-11(16)13(14)18/h9H,3-8H2,1-2H3. The minimum Gasteiger partial charge on any atom is -0.367 e. The van der Waals surface area contributed by atoms with Crippen LogP contribution in [0.4, 0.5) is 23.2 Å². The van der Waals surface area contributed by atoms with Crippen LogP contribution >= 0.6 is 0 Å². The van der Waals surface area contributed by atoms with Gasteiger partial charge in [-0.2, -0.15) is 0 Å². The molecular weight excluding hydrogens is 258 g/mol. The summed E-state index contributed by atoms with van der Waals surface area (Å²) in [5, 5.41) is 0. The third-order valence-corrected chi connectivity index (χ3v) is 2.97. The van der Waals surface area contributed by atoms with E-state index in [9.17, 15) is 17.6 Å². The van der Waals surface area contributed by atoms with Crippen LogP contribution in [0.15, 0.2) is 6.07 Å². The minimum absolute atomic E-state index is 0.242. The van der Waals surface area contributed by atoms with Crippen molar-refractivity contribution in [1.82, 2.24) is 0 Å². The predicted molar refractivity (Wildman–Crippen MR) is 68.3 cm³/mol. The third-order valence-electron chi connectivity index (χ3n) is 2.97. The molecule has 5 heteroatoms. The average molecular weight is 277 g/mol. The van der Waals surface area contributed by atoms with Crippen molar-refractivity contribution in [3.8, 4) is 0 Å². The fourth-order valence-electron chi connectivity index (χ4n) is 1.87. The van der Waals surface area contributed by atoms with Crippen LogP contribution < -0.4 is 4.90 Å². The minimum atomic E-state index is -1.35. The number of rotatable bonds is 7. The molecule has 0 aliphatic carbocycles. The molecule has 0 saturated heterocycles. The van der Waals surface area contributed by atoms with E-state index < -0.39 is 29.0 Å². The highest BCUT2D eigenvalue weighted by atomic mass is 19.2. The summed E-state index contributed by atoms with van der Waals surface area (Å²) >= 11 is 0. The largest absolute Gasteiger partial charge is 0.367 e. The first kappa shape index (κ1) is 15.8. The first-order valence-electron chi connectivity index (χ1n) is 6.60. The summed E-state index contributed by atoms with van der Waals surface area (Å²) in [6.07, 6.45) is 3.09. The summed E-state index contributed by atoms with van der Waals surface area (Å²) < 4.78 is 53.9. The van der Waals surface area contributed by atoms with Gasteiger partial charge in [0.15, 0.2) is 23.3 Å². The molecule has 1 nitrogen and oxygen atoms in total. The van der Waals surface area contributed by atoms with Crippen molar-refractivity contribution in [2.75, 3.05) is 18.0 Å². The van der Waals surface area contributed by atoms with Gasteiger partial charge in [-0.15, -0.1) is 0 Å². The predicted octanol–water partition coefficient (Wildman–Crippen LogP) is 4.65. The molecule has 0 fully saturated rings. The Morgan fingerprint density at radius 1 is 0.842 bits per heavy atom. The lowest BCUT2D eigenvalue weighted by Gasteiger charge is -2.25. The van der Waals surface area contributed by atoms with Crippen LogP contribution in [-0.2, 0) is 0 Å². The monoisotopic (exact) mass is 277 g/mol. The van der Waals surface area contributed by atoms with Gasteiger partial charge in [-0.1, -0.05) is 26.7 Å². The molecule has 0 aliphatic rings. The van der Waals surface area contributed by atoms with Crippen LogP contribution in [0.1, 0.15) is 39.5 Å². The summed E-state index contributed by atoms with van der Waals surface area (Å²) in [5.41, 5.74) is -0.584. The van der Waals surface area contributed by atoms with Gasteiger partial charge in [-0.3, -0.25) is 0 Å². The summed E-state index contributed by atoms with van der Waals surface area (Å²) in [5.74, 6) is -5.34. The lowest BCUT2D eigenvalue weighted by molar-refractivity contribution is 0.449. The Morgan fingerprint density at radius 3 is 1.63 bits per heavy atom. The Bertz CT molecular complexity index is 386. The highest BCUT2D eigenvalue weighted by molar-refractivity contribution is 5.50. The van der Waals surface area contributed by atoms with Gasteiger partial charge in [0.2, 0.25) is 0 Å². The van der Waals surface area contributed by atoms with Crippen LogP contribution in [0.3, 0.4) is 0 Å². The van der Waals surface area contributed by atoms with Crippen LogP contribution in [-0.4, -0.2) is 13.1 Å². The van der Waals surface area contributed by atoms with Gasteiger partial charge in [0.05, 0.1) is 0 Å². The smallest absolute Gasteiger partial charge is 0.185 e. The van der Waals surface area contributed by atoms with Crippen LogP contribution in [0.25, 0.3) is 0 Å². The lowest BCUT2D eigenvalue weighted by atomic mass is 10.2. The second kappa shape index (κ2) is 7.36. The highest BCUT2D eigenvalue weighted by Crippen LogP contribution is 2.28. The maximum Gasteiger partial charge on any atom is 0.185 e. The highest BCUT2D eigenvalue weighted by Gasteiger charge is 2.23. The van der Waals surface area contributed by atoms with E-state index in [0.717, 1.165) is 12.8 Å². The Hall–Kier alpha value is -1.26. The summed E-state index contributed by atoms with van der Waals surface area (Å²) in [6.45, 7) is 4.65. The van der Waals surface area contributed by atoms with Gasteiger partial charge < -0.3 is 4.90 Å². The van der Waals surface area contributed by atoms with Crippen molar-refractivity contribution in [2.45, 2.75) is 39.5 Å². The van der Waals surface area contributed by atoms with Crippen molar-refractivity contribution in [3.05, 3.63) is 29.3 Å². The van der Waals surface area contributed by atoms with Gasteiger partial charge in [-0.25, -0.2) is 17.6 Å². The van der Waals surface area contributed by atoms with Gasteiger partial charge in [-0.05, 0) is 12.8 Å². The molecule has 0 atom stereocenters. The molecule has 0 aliphatic heterocycles. The SMILES string of the molecule is CCCCN(CCCC)c1c(F)c(F)cc(F)c1F. The molecule has 1 aromatic carbocycles. The number of anilines is 1. The normalized spacial score (nSPS) is 10.8. The van der Waals surface area contributed by atoms with E-state index in [-0.39, 0.29) is 6.07 Å². The first-order valence-corrected chi connectivity index (χ1v) is 6.60. The third kappa shape index (κ3) is 3.85. The van der Waals surface area contributed by atoms with E-state index in [2.05, 4.69) is 0 Å². The van der Waals surface area contributed by atoms with Crippen LogP contribution in [0.2, 0.25) is 0 Å². The van der Waals surface area contributed by atoms with Gasteiger partial charge in [0.25, 0.3) is 0 Å². The second-order valence-electron chi connectivity index (χ2n) is 4.51. The summed E-state index contributed by atoms with van der Waals surface area (Å²) in [6, 6.07) is 0.242. The van der Waals surface area contributed by atoms with Crippen LogP contribution in [0, 0.1) is 23.3 Å². The number of nitrogens with zero attached hydrogens (tertiary/aromatic N) is 1. The topological polar surface area (TPSA) is 3.24 Å². The van der Waals surface area contributed by atoms with Crippen molar-refractivity contribution < 1.29 is 17.6 Å². The van der Waals surface area contributed by atoms with E-state index in [4.69, 9.17) is 0 Å². The molecule has 108 valence electrons. The Morgan fingerprint density at radius 2 is 1.26 bits per heavy atom. The molecule has 0 heterocycles. The maximum atomic E-state index is 13.7. The van der Waals surface area contributed by atoms with E-state index >= 15 is 0 Å². The van der Waals surface area contributed by atoms with Gasteiger partial charge in [0, 0.05) is 19.2 Å². The quantitative estimate of drug-likeness (QED) is 0.518. The van der Waals surface area contributed by atoms with E-state index in [1.165, 1.54) is 4.90 Å². The molecule has 0 saturated carbocycles. The number of hydrogen-bond acceptors (Lipinski definition) is 1. The zero-order chi connectivity index (χ0) is 14.4. The summed E-state index contributed by atoms with van der Waals surface area (Å²) in [7, 11) is 0. The molecular formula is C14H19F4N. The lowest BCUT2D eigenvalue weighted by Crippen LogP contribution is -2.28. The molecule has 0 amide bonds. The number of hydrogen-bond donors (Lipinski definition) is 0. The molecule has 1 aromatic rings. The van der Waals surface area contributed by atoms with Crippen LogP contribution in [0.5, 0.6) is 0 Å². The molecule has 0 aromatic heterocycles. The Kier molecular flexibility index (Phi) is 6.12. The van der Waals surface area contributed by atoms with E-state index in [0.29, 0.717) is 25.9 Å². The molecule has 0 spiro atoms. The van der Waals surface area contributed by atoms with Crippen molar-refractivity contribution >= 4 is 5.69 Å². The molecule has 1 rings (SSSR count). The molecule has 0 bridgehead atoms. The van der Waals surface area contributed by atoms with Crippen molar-refractivity contribution in [2.24, 2.45) is 0 Å². The molecule has 19 heavy (non-hydrogen) atoms. The molecule has 0 radical (unpaired) electrons. The van der Waals surface area contributed by atoms with Gasteiger partial charge >= 0.3 is 0 Å². The van der Waals surface area contributed by atoms with E-state index in [1.54, 1.807) is 0 Å². The fraction of sp³-hybridized carbons (Fsp3) is 0.571. The first-order chi connectivity index (χ1) is 9.02. The zero-order valence-electron chi connectivity index (χ0n) is 11.3. The van der Waals surface area contributed by atoms with Crippen molar-refractivity contribution in [1.29, 1.82) is 0 Å². The molecule has 0 N–H and O–H groups in total. The zero-order valence-corrected chi connectivity index (χ0v) is 11.3. The summed E-state index contributed by atoms with van der Waals surface area (Å²) in [4.78, 5) is 1.39. The Balaban J connectivity index is 3.12. The van der Waals surface area contributed by atoms with E-state index in [1.807, 2.05) is 13.8 Å². The molecule has 0 unspecified atom stereocenters. The maximum absolute atomic E-state index is 13.7. The fourth-order valence-corrected chi connectivity index (χ4v) is 1.87. The average Bonchev–Trinajstić information content (AvgIpc) is 2.39. The number of halogens is 4. The number of unbranched alkanes of at least 4 members (excludes halogenated alkanes) is 2. The second-order valence-corrected chi connectivity index (χ2v) is 4.51. The van der Waals surface area contributed by atoms with Gasteiger partial charge in [0.1, 0.15) is 5.69 Å². The Labute approximate surface area is 111 Å².